The molecule has 0 aromatic carbocycles. The maximum absolute atomic E-state index is 12.9. The number of unbranched alkanes of at least 4 members (excludes halogenated alkanes) is 33. The van der Waals surface area contributed by atoms with Crippen molar-refractivity contribution < 1.29 is 28.6 Å². The zero-order valence-electron chi connectivity index (χ0n) is 46.0. The second-order valence-electron chi connectivity index (χ2n) is 19.7. The molecule has 0 aromatic heterocycles. The highest BCUT2D eigenvalue weighted by Crippen LogP contribution is 2.16. The molecule has 0 aromatic rings. The van der Waals surface area contributed by atoms with E-state index in [4.69, 9.17) is 14.2 Å². The van der Waals surface area contributed by atoms with E-state index in [2.05, 4.69) is 45.1 Å². The van der Waals surface area contributed by atoms with Crippen LogP contribution in [0.3, 0.4) is 0 Å². The summed E-state index contributed by atoms with van der Waals surface area (Å²) in [6.45, 7) is 6.48. The summed E-state index contributed by atoms with van der Waals surface area (Å²) in [5.74, 6) is -0.932. The summed E-state index contributed by atoms with van der Waals surface area (Å²) < 4.78 is 16.9. The zero-order valence-corrected chi connectivity index (χ0v) is 46.0. The quantitative estimate of drug-likeness (QED) is 0.0199. The Hall–Kier alpha value is -3.41. The Morgan fingerprint density at radius 2 is 0.571 bits per heavy atom. The van der Waals surface area contributed by atoms with Gasteiger partial charge in [-0.25, -0.2) is 0 Å². The second-order valence-corrected chi connectivity index (χ2v) is 19.7. The first-order valence-corrected chi connectivity index (χ1v) is 29.7. The number of ether oxygens (including phenoxy) is 3. The lowest BCUT2D eigenvalue weighted by atomic mass is 10.0. The van der Waals surface area contributed by atoms with Gasteiger partial charge in [0.25, 0.3) is 0 Å². The molecule has 0 amide bonds. The molecule has 0 bridgehead atoms. The fourth-order valence-electron chi connectivity index (χ4n) is 8.35. The molecule has 0 N–H and O–H groups in total. The monoisotopic (exact) mass is 975 g/mol. The van der Waals surface area contributed by atoms with Gasteiger partial charge in [0.1, 0.15) is 13.2 Å². The van der Waals surface area contributed by atoms with Crippen LogP contribution in [0.25, 0.3) is 0 Å². The van der Waals surface area contributed by atoms with Gasteiger partial charge in [-0.15, -0.1) is 0 Å². The molecule has 0 heterocycles. The summed E-state index contributed by atoms with van der Waals surface area (Å²) in [4.78, 5) is 38.2. The highest BCUT2D eigenvalue weighted by molar-refractivity contribution is 5.71. The minimum Gasteiger partial charge on any atom is -0.462 e. The van der Waals surface area contributed by atoms with Crippen molar-refractivity contribution in [3.63, 3.8) is 0 Å². The van der Waals surface area contributed by atoms with Crippen LogP contribution in [0.1, 0.15) is 284 Å². The van der Waals surface area contributed by atoms with Crippen LogP contribution in [0.15, 0.2) is 85.1 Å². The van der Waals surface area contributed by atoms with Crippen LogP contribution in [0.4, 0.5) is 0 Å². The van der Waals surface area contributed by atoms with Crippen LogP contribution in [-0.2, 0) is 28.6 Å². The van der Waals surface area contributed by atoms with Crippen molar-refractivity contribution in [2.45, 2.75) is 290 Å². The number of hydrogen-bond donors (Lipinski definition) is 0. The lowest BCUT2D eigenvalue weighted by molar-refractivity contribution is -0.167. The van der Waals surface area contributed by atoms with Gasteiger partial charge in [-0.05, 0) is 64.2 Å². The Balaban J connectivity index is 4.45. The van der Waals surface area contributed by atoms with Gasteiger partial charge in [0, 0.05) is 19.3 Å². The van der Waals surface area contributed by atoms with Crippen LogP contribution in [0, 0.1) is 0 Å². The molecule has 1 unspecified atom stereocenters. The van der Waals surface area contributed by atoms with Gasteiger partial charge in [-0.2, -0.15) is 0 Å². The SMILES string of the molecule is CC\C=C/C=C\C=C/C=C\C=C\C=C/CCCCCC(=O)OC(COC(=O)CCCCCCCCC/C=C\CCCCCCCC)COC(=O)CCCCCCCCCCCCCCCCCCCC. The lowest BCUT2D eigenvalue weighted by Crippen LogP contribution is -2.30. The van der Waals surface area contributed by atoms with Crippen LogP contribution >= 0.6 is 0 Å². The minimum absolute atomic E-state index is 0.0940. The van der Waals surface area contributed by atoms with Crippen molar-refractivity contribution in [2.75, 3.05) is 13.2 Å². The Morgan fingerprint density at radius 1 is 0.300 bits per heavy atom. The largest absolute Gasteiger partial charge is 0.462 e. The van der Waals surface area contributed by atoms with Crippen molar-refractivity contribution >= 4 is 17.9 Å². The Kier molecular flexibility index (Phi) is 55.3. The minimum atomic E-state index is -0.801. The van der Waals surface area contributed by atoms with Crippen molar-refractivity contribution in [2.24, 2.45) is 0 Å². The first-order chi connectivity index (χ1) is 34.5. The van der Waals surface area contributed by atoms with E-state index in [0.29, 0.717) is 19.3 Å². The summed E-state index contributed by atoms with van der Waals surface area (Å²) in [6, 6.07) is 0. The fourth-order valence-corrected chi connectivity index (χ4v) is 8.35. The van der Waals surface area contributed by atoms with Crippen LogP contribution in [0.2, 0.25) is 0 Å². The van der Waals surface area contributed by atoms with Crippen molar-refractivity contribution in [1.82, 2.24) is 0 Å². The molecule has 0 rings (SSSR count). The number of carbonyl (C=O) groups excluding carboxylic acids is 3. The summed E-state index contributed by atoms with van der Waals surface area (Å²) in [6.07, 6.45) is 75.7. The van der Waals surface area contributed by atoms with Gasteiger partial charge < -0.3 is 14.2 Å². The molecular formula is C64H110O6. The summed E-state index contributed by atoms with van der Waals surface area (Å²) in [5, 5.41) is 0. The normalized spacial score (nSPS) is 12.7. The average molecular weight is 976 g/mol. The molecule has 6 heteroatoms. The summed E-state index contributed by atoms with van der Waals surface area (Å²) in [5.41, 5.74) is 0. The van der Waals surface area contributed by atoms with E-state index >= 15 is 0 Å². The van der Waals surface area contributed by atoms with E-state index in [1.54, 1.807) is 0 Å². The van der Waals surface area contributed by atoms with Crippen molar-refractivity contribution in [3.05, 3.63) is 85.1 Å². The molecule has 0 aliphatic heterocycles. The van der Waals surface area contributed by atoms with E-state index in [1.165, 1.54) is 173 Å². The third kappa shape index (κ3) is 55.5. The van der Waals surface area contributed by atoms with E-state index in [-0.39, 0.29) is 37.5 Å². The van der Waals surface area contributed by atoms with E-state index < -0.39 is 6.10 Å². The Bertz CT molecular complexity index is 1350. The summed E-state index contributed by atoms with van der Waals surface area (Å²) >= 11 is 0. The number of hydrogen-bond acceptors (Lipinski definition) is 6. The molecule has 70 heavy (non-hydrogen) atoms. The third-order valence-electron chi connectivity index (χ3n) is 12.8. The Morgan fingerprint density at radius 3 is 0.929 bits per heavy atom. The van der Waals surface area contributed by atoms with Gasteiger partial charge in [-0.1, -0.05) is 286 Å². The predicted octanol–water partition coefficient (Wildman–Crippen LogP) is 19.9. The molecule has 0 aliphatic rings. The molecule has 0 saturated heterocycles. The van der Waals surface area contributed by atoms with Gasteiger partial charge in [0.15, 0.2) is 6.10 Å². The lowest BCUT2D eigenvalue weighted by Gasteiger charge is -2.18. The second kappa shape index (κ2) is 58.2. The smallest absolute Gasteiger partial charge is 0.306 e. The molecule has 0 spiro atoms. The number of carbonyl (C=O) groups is 3. The molecule has 0 saturated carbocycles. The van der Waals surface area contributed by atoms with Gasteiger partial charge >= 0.3 is 17.9 Å². The molecule has 6 nitrogen and oxygen atoms in total. The van der Waals surface area contributed by atoms with Crippen LogP contribution < -0.4 is 0 Å². The topological polar surface area (TPSA) is 78.9 Å². The first-order valence-electron chi connectivity index (χ1n) is 29.7. The highest BCUT2D eigenvalue weighted by atomic mass is 16.6. The number of esters is 3. The molecule has 402 valence electrons. The van der Waals surface area contributed by atoms with Crippen LogP contribution in [-0.4, -0.2) is 37.2 Å². The molecule has 0 aliphatic carbocycles. The van der Waals surface area contributed by atoms with E-state index in [1.807, 2.05) is 60.8 Å². The van der Waals surface area contributed by atoms with Crippen molar-refractivity contribution in [1.29, 1.82) is 0 Å². The van der Waals surface area contributed by atoms with Gasteiger partial charge in [-0.3, -0.25) is 14.4 Å². The third-order valence-corrected chi connectivity index (χ3v) is 12.8. The molecule has 0 fully saturated rings. The van der Waals surface area contributed by atoms with E-state index in [9.17, 15) is 14.4 Å². The molecule has 0 radical (unpaired) electrons. The number of allylic oxidation sites excluding steroid dienone is 14. The Labute approximate surface area is 433 Å². The maximum Gasteiger partial charge on any atom is 0.306 e. The maximum atomic E-state index is 12.9. The van der Waals surface area contributed by atoms with Gasteiger partial charge in [0.2, 0.25) is 0 Å². The van der Waals surface area contributed by atoms with E-state index in [0.717, 1.165) is 64.2 Å². The summed E-state index contributed by atoms with van der Waals surface area (Å²) in [7, 11) is 0. The molecule has 1 atom stereocenters. The van der Waals surface area contributed by atoms with Gasteiger partial charge in [0.05, 0.1) is 0 Å². The zero-order chi connectivity index (χ0) is 50.7. The number of rotatable bonds is 53. The predicted molar refractivity (Wildman–Crippen MR) is 302 cm³/mol. The molecular weight excluding hydrogens is 865 g/mol. The van der Waals surface area contributed by atoms with Crippen LogP contribution in [0.5, 0.6) is 0 Å². The first kappa shape index (κ1) is 66.6. The fraction of sp³-hybridized carbons (Fsp3) is 0.734. The van der Waals surface area contributed by atoms with Crippen molar-refractivity contribution in [3.8, 4) is 0 Å². The standard InChI is InChI=1S/C64H110O6/c1-4-7-10-13-16-19-22-25-28-31-34-36-39-42-45-48-51-54-57-63(66)69-60-61(70-64(67)58-55-52-49-46-43-40-37-33-30-27-24-21-18-15-12-9-6-3)59-68-62(65)56-53-50-47-44-41-38-35-32-29-26-23-20-17-14-11-8-5-2/h9,12,15,18,21,24,26-27,29-30,33,37,40,43,61H,4-8,10-11,13-14,16-17,19-20,22-23,25,28,31-32,34-36,38-39,41-42,44-60H2,1-3H3/b12-9-,18-15-,24-21-,29-26-,30-27-,37-33+,43-40-. The highest BCUT2D eigenvalue weighted by Gasteiger charge is 2.19. The average Bonchev–Trinajstić information content (AvgIpc) is 3.36.